The Hall–Kier alpha value is -2.16. The first kappa shape index (κ1) is 21.1. The van der Waals surface area contributed by atoms with Gasteiger partial charge in [-0.2, -0.15) is 0 Å². The van der Waals surface area contributed by atoms with E-state index in [0.29, 0.717) is 12.2 Å². The number of hydrogen-bond donors (Lipinski definition) is 1. The van der Waals surface area contributed by atoms with Crippen LogP contribution in [0.1, 0.15) is 19.5 Å². The number of fused-ring (bicyclic) bond motifs is 2. The van der Waals surface area contributed by atoms with Crippen molar-refractivity contribution in [3.8, 4) is 0 Å². The second-order valence-corrected chi connectivity index (χ2v) is 9.04. The Kier molecular flexibility index (Phi) is 6.00. The topological polar surface area (TPSA) is 96.5 Å². The molecule has 4 heterocycles. The maximum absolute atomic E-state index is 12.7. The van der Waals surface area contributed by atoms with Crippen molar-refractivity contribution < 1.29 is 19.2 Å². The summed E-state index contributed by atoms with van der Waals surface area (Å²) in [6, 6.07) is 5.68. The van der Waals surface area contributed by atoms with Crippen LogP contribution in [0.15, 0.2) is 46.0 Å². The number of hydrogen-bond acceptors (Lipinski definition) is 7. The number of aliphatic hydroxyl groups is 1. The standard InChI is InChI=1S/C19H20BN4O4PS/c1-10-15-14(11(2)25)18(26)24(15)16(19(27)28-29-22-20)17(10)30-8-6-12-13-5-3-4-7-23(13)9-21-12/h3-5,7,9-11,14-15,25H,6,8H2,1-2H3/t10-,11?,14?,15?/m1/s1. The first-order valence-electron chi connectivity index (χ1n) is 9.56. The summed E-state index contributed by atoms with van der Waals surface area (Å²) >= 11 is 1.52. The van der Waals surface area contributed by atoms with Gasteiger partial charge < -0.3 is 23.6 Å². The van der Waals surface area contributed by atoms with Gasteiger partial charge in [0, 0.05) is 29.2 Å². The van der Waals surface area contributed by atoms with Crippen LogP contribution in [-0.2, 0) is 20.5 Å². The minimum atomic E-state index is -0.781. The summed E-state index contributed by atoms with van der Waals surface area (Å²) in [7, 11) is 5.05. The average molecular weight is 442 g/mol. The maximum Gasteiger partial charge on any atom is 0.365 e. The number of pyridine rings is 1. The second kappa shape index (κ2) is 8.53. The molecule has 4 rings (SSSR count). The van der Waals surface area contributed by atoms with E-state index in [0.717, 1.165) is 16.1 Å². The molecular formula is C19H20BN4O4PS. The van der Waals surface area contributed by atoms with Gasteiger partial charge in [0.05, 0.1) is 35.6 Å². The van der Waals surface area contributed by atoms with E-state index in [2.05, 4.69) is 9.64 Å². The molecule has 1 fully saturated rings. The Bertz CT molecular complexity index is 1060. The van der Waals surface area contributed by atoms with Crippen molar-refractivity contribution in [1.82, 2.24) is 14.3 Å². The molecule has 1 saturated heterocycles. The number of carbonyl (C=O) groups excluding carboxylic acids is 2. The smallest absolute Gasteiger partial charge is 0.365 e. The molecule has 30 heavy (non-hydrogen) atoms. The predicted octanol–water partition coefficient (Wildman–Crippen LogP) is 2.35. The number of thioether (sulfide) groups is 1. The van der Waals surface area contributed by atoms with Gasteiger partial charge in [-0.3, -0.25) is 4.79 Å². The zero-order chi connectivity index (χ0) is 21.4. The van der Waals surface area contributed by atoms with Crippen molar-refractivity contribution in [2.45, 2.75) is 32.4 Å². The van der Waals surface area contributed by atoms with Crippen molar-refractivity contribution in [2.24, 2.45) is 16.5 Å². The fourth-order valence-corrected chi connectivity index (χ4v) is 5.70. The van der Waals surface area contributed by atoms with Crippen LogP contribution in [0, 0.1) is 11.8 Å². The van der Waals surface area contributed by atoms with Crippen molar-refractivity contribution in [2.75, 3.05) is 5.75 Å². The lowest BCUT2D eigenvalue weighted by molar-refractivity contribution is -0.162. The highest BCUT2D eigenvalue weighted by atomic mass is 32.2. The Balaban J connectivity index is 1.56. The zero-order valence-corrected chi connectivity index (χ0v) is 18.2. The summed E-state index contributed by atoms with van der Waals surface area (Å²) < 4.78 is 10.3. The van der Waals surface area contributed by atoms with E-state index in [1.807, 2.05) is 35.7 Å². The minimum Gasteiger partial charge on any atom is -0.393 e. The highest BCUT2D eigenvalue weighted by Crippen LogP contribution is 2.51. The van der Waals surface area contributed by atoms with Crippen LogP contribution < -0.4 is 0 Å². The highest BCUT2D eigenvalue weighted by Gasteiger charge is 2.60. The number of amides is 1. The average Bonchev–Trinajstić information content (AvgIpc) is 3.24. The van der Waals surface area contributed by atoms with Gasteiger partial charge in [-0.15, -0.1) is 11.8 Å². The van der Waals surface area contributed by atoms with Gasteiger partial charge in [0.15, 0.2) is 0 Å². The molecule has 2 radical (unpaired) electrons. The summed E-state index contributed by atoms with van der Waals surface area (Å²) in [6.45, 7) is 3.57. The lowest BCUT2D eigenvalue weighted by atomic mass is 9.79. The normalized spacial score (nSPS) is 24.4. The molecule has 2 aromatic heterocycles. The van der Waals surface area contributed by atoms with Crippen molar-refractivity contribution >= 4 is 45.7 Å². The Morgan fingerprint density at radius 3 is 3.03 bits per heavy atom. The van der Waals surface area contributed by atoms with E-state index >= 15 is 0 Å². The van der Waals surface area contributed by atoms with E-state index < -0.39 is 18.0 Å². The fourth-order valence-electron chi connectivity index (χ4n) is 4.26. The first-order valence-corrected chi connectivity index (χ1v) is 11.3. The molecule has 11 heteroatoms. The number of aryl methyl sites for hydroxylation is 1. The summed E-state index contributed by atoms with van der Waals surface area (Å²) in [4.78, 5) is 32.0. The van der Waals surface area contributed by atoms with E-state index in [1.54, 1.807) is 13.3 Å². The van der Waals surface area contributed by atoms with Gasteiger partial charge in [0.25, 0.3) is 7.98 Å². The number of aliphatic hydroxyl groups excluding tert-OH is 1. The molecule has 0 saturated carbocycles. The third-order valence-electron chi connectivity index (χ3n) is 5.59. The van der Waals surface area contributed by atoms with Crippen LogP contribution in [0.5, 0.6) is 0 Å². The van der Waals surface area contributed by atoms with Gasteiger partial charge in [-0.1, -0.05) is 13.0 Å². The fraction of sp³-hybridized carbons (Fsp3) is 0.421. The van der Waals surface area contributed by atoms with Crippen LogP contribution in [0.25, 0.3) is 5.52 Å². The summed E-state index contributed by atoms with van der Waals surface area (Å²) in [5, 5.41) is 10.0. The second-order valence-electron chi connectivity index (χ2n) is 7.33. The lowest BCUT2D eigenvalue weighted by Gasteiger charge is -2.46. The molecule has 154 valence electrons. The maximum atomic E-state index is 12.7. The Morgan fingerprint density at radius 2 is 2.30 bits per heavy atom. The molecule has 4 atom stereocenters. The Labute approximate surface area is 181 Å². The summed E-state index contributed by atoms with van der Waals surface area (Å²) in [5.41, 5.74) is 2.26. The molecule has 0 aromatic carbocycles. The minimum absolute atomic E-state index is 0.0256. The molecule has 8 nitrogen and oxygen atoms in total. The van der Waals surface area contributed by atoms with Crippen LogP contribution in [-0.4, -0.2) is 57.1 Å². The van der Waals surface area contributed by atoms with Gasteiger partial charge in [-0.25, -0.2) is 9.78 Å². The molecule has 0 aliphatic carbocycles. The molecule has 1 amide bonds. The van der Waals surface area contributed by atoms with Gasteiger partial charge in [0.1, 0.15) is 5.70 Å². The van der Waals surface area contributed by atoms with E-state index in [4.69, 9.17) is 12.5 Å². The van der Waals surface area contributed by atoms with Crippen LogP contribution in [0.2, 0.25) is 0 Å². The van der Waals surface area contributed by atoms with Crippen LogP contribution in [0.3, 0.4) is 0 Å². The number of rotatable bonds is 7. The molecule has 1 N–H and O–H groups in total. The number of aromatic nitrogens is 2. The third-order valence-corrected chi connectivity index (χ3v) is 7.22. The van der Waals surface area contributed by atoms with Crippen molar-refractivity contribution in [1.29, 1.82) is 0 Å². The number of imidazole rings is 1. The van der Waals surface area contributed by atoms with Crippen LogP contribution in [0.4, 0.5) is 0 Å². The van der Waals surface area contributed by atoms with Crippen molar-refractivity contribution in [3.63, 3.8) is 0 Å². The largest absolute Gasteiger partial charge is 0.393 e. The van der Waals surface area contributed by atoms with Gasteiger partial charge in [0.2, 0.25) is 14.5 Å². The third kappa shape index (κ3) is 3.47. The summed E-state index contributed by atoms with van der Waals surface area (Å²) in [6.07, 6.45) is 3.65. The SMILES string of the molecule is [B]N=POC(=O)C1=C(SCCc2ncn3ccccc23)[C@H](C)C2C(C(C)O)C(=O)N12. The van der Waals surface area contributed by atoms with E-state index in [9.17, 15) is 14.7 Å². The number of β-lactam (4-membered cyclic amide) rings is 1. The van der Waals surface area contributed by atoms with E-state index in [-0.39, 0.29) is 32.2 Å². The molecule has 2 aliphatic rings. The van der Waals surface area contributed by atoms with Gasteiger partial charge in [-0.05, 0) is 19.1 Å². The molecule has 0 spiro atoms. The molecule has 3 unspecified atom stereocenters. The Morgan fingerprint density at radius 1 is 1.50 bits per heavy atom. The van der Waals surface area contributed by atoms with Gasteiger partial charge >= 0.3 is 5.97 Å². The monoisotopic (exact) mass is 442 g/mol. The molecule has 2 aliphatic heterocycles. The predicted molar refractivity (Wildman–Crippen MR) is 115 cm³/mol. The summed E-state index contributed by atoms with van der Waals surface area (Å²) in [5.74, 6) is -0.807. The molecule has 0 bridgehead atoms. The quantitative estimate of drug-likeness (QED) is 0.402. The first-order chi connectivity index (χ1) is 14.5. The van der Waals surface area contributed by atoms with Crippen LogP contribution >= 0.6 is 20.4 Å². The molecule has 2 aromatic rings. The molecular weight excluding hydrogens is 422 g/mol. The number of carbonyl (C=O) groups is 2. The highest BCUT2D eigenvalue weighted by molar-refractivity contribution is 8.03. The van der Waals surface area contributed by atoms with Crippen molar-refractivity contribution in [3.05, 3.63) is 47.0 Å². The number of nitrogens with zero attached hydrogens (tertiary/aromatic N) is 4. The van der Waals surface area contributed by atoms with E-state index in [1.165, 1.54) is 16.7 Å². The lowest BCUT2D eigenvalue weighted by Crippen LogP contribution is -2.63. The zero-order valence-electron chi connectivity index (χ0n) is 16.5.